The Balaban J connectivity index is 0.000000883. The van der Waals surface area contributed by atoms with E-state index in [4.69, 9.17) is 0 Å². The van der Waals surface area contributed by atoms with E-state index in [-0.39, 0.29) is 25.8 Å². The maximum absolute atomic E-state index is 13.4. The van der Waals surface area contributed by atoms with Crippen LogP contribution in [-0.4, -0.2) is 61.7 Å². The molecule has 0 unspecified atom stereocenters. The summed E-state index contributed by atoms with van der Waals surface area (Å²) in [5.74, 6) is -3.07. The van der Waals surface area contributed by atoms with Crippen LogP contribution in [0.2, 0.25) is 0 Å². The monoisotopic (exact) mass is 421 g/mol. The lowest BCUT2D eigenvalue weighted by Gasteiger charge is -2.41. The van der Waals surface area contributed by atoms with Gasteiger partial charge in [-0.1, -0.05) is 13.8 Å². The molecular weight excluding hydrogens is 392 g/mol. The first-order valence-electron chi connectivity index (χ1n) is 10.4. The number of hydrogen-bond acceptors (Lipinski definition) is 6. The molecule has 2 aromatic rings. The van der Waals surface area contributed by atoms with Crippen LogP contribution in [0.4, 0.5) is 26.2 Å². The third kappa shape index (κ3) is 3.82. The van der Waals surface area contributed by atoms with Gasteiger partial charge in [0.25, 0.3) is 5.92 Å². The minimum atomic E-state index is -2.81. The molecule has 0 radical (unpaired) electrons. The Morgan fingerprint density at radius 1 is 1.27 bits per heavy atom. The SMILES string of the molecule is CC.Cn1cc(Nc2nccc(N3C[C@H]4CC[C@@H](C3)N4C(=O)[C@@H]3CC3(F)F)n2)cn1.[HH]. The Morgan fingerprint density at radius 3 is 2.50 bits per heavy atom. The molecule has 8 nitrogen and oxygen atoms in total. The number of rotatable bonds is 4. The number of halogens is 2. The molecule has 1 aliphatic carbocycles. The number of hydrogen-bond donors (Lipinski definition) is 1. The molecule has 4 heterocycles. The van der Waals surface area contributed by atoms with Gasteiger partial charge in [0, 0.05) is 52.5 Å². The third-order valence-electron chi connectivity index (χ3n) is 5.79. The summed E-state index contributed by atoms with van der Waals surface area (Å²) in [6.45, 7) is 5.20. The zero-order valence-corrected chi connectivity index (χ0v) is 17.4. The van der Waals surface area contributed by atoms with Gasteiger partial charge in [0.2, 0.25) is 11.9 Å². The van der Waals surface area contributed by atoms with Gasteiger partial charge in [0.1, 0.15) is 11.7 Å². The minimum Gasteiger partial charge on any atom is -0.352 e. The average molecular weight is 421 g/mol. The Hall–Kier alpha value is -2.78. The van der Waals surface area contributed by atoms with E-state index in [2.05, 4.69) is 25.3 Å². The lowest BCUT2D eigenvalue weighted by atomic mass is 10.1. The highest BCUT2D eigenvalue weighted by Gasteiger charge is 2.64. The van der Waals surface area contributed by atoms with Crippen molar-refractivity contribution in [3.63, 3.8) is 0 Å². The summed E-state index contributed by atoms with van der Waals surface area (Å²) < 4.78 is 28.4. The zero-order valence-electron chi connectivity index (χ0n) is 17.4. The molecule has 30 heavy (non-hydrogen) atoms. The maximum atomic E-state index is 13.4. The molecule has 1 amide bonds. The predicted octanol–water partition coefficient (Wildman–Crippen LogP) is 3.06. The average Bonchev–Trinajstić information content (AvgIpc) is 3.04. The fourth-order valence-corrected chi connectivity index (χ4v) is 4.31. The van der Waals surface area contributed by atoms with Crippen molar-refractivity contribution in [2.24, 2.45) is 13.0 Å². The summed E-state index contributed by atoms with van der Waals surface area (Å²) >= 11 is 0. The number of fused-ring (bicyclic) bond motifs is 2. The van der Waals surface area contributed by atoms with Gasteiger partial charge in [-0.25, -0.2) is 13.8 Å². The molecule has 164 valence electrons. The smallest absolute Gasteiger partial charge is 0.260 e. The van der Waals surface area contributed by atoms with Crippen molar-refractivity contribution in [2.75, 3.05) is 23.3 Å². The van der Waals surface area contributed by atoms with E-state index in [1.165, 1.54) is 0 Å². The van der Waals surface area contributed by atoms with Gasteiger partial charge in [-0.2, -0.15) is 10.1 Å². The first-order chi connectivity index (χ1) is 14.4. The molecule has 3 atom stereocenters. The number of alkyl halides is 2. The molecule has 5 rings (SSSR count). The summed E-state index contributed by atoms with van der Waals surface area (Å²) in [5, 5.41) is 7.23. The first-order valence-corrected chi connectivity index (χ1v) is 10.4. The second-order valence-corrected chi connectivity index (χ2v) is 7.82. The van der Waals surface area contributed by atoms with E-state index in [0.29, 0.717) is 19.0 Å². The highest BCUT2D eigenvalue weighted by atomic mass is 19.3. The molecule has 3 aliphatic rings. The molecule has 1 N–H and O–H groups in total. The number of nitrogens with one attached hydrogen (secondary N) is 1. The van der Waals surface area contributed by atoms with Crippen LogP contribution < -0.4 is 10.2 Å². The number of aromatic nitrogens is 4. The van der Waals surface area contributed by atoms with Crippen molar-refractivity contribution >= 4 is 23.4 Å². The molecular formula is C20H29F2N7O. The highest BCUT2D eigenvalue weighted by molar-refractivity contribution is 5.84. The molecule has 2 bridgehead atoms. The van der Waals surface area contributed by atoms with E-state index in [1.807, 2.05) is 33.2 Å². The molecule has 1 saturated carbocycles. The van der Waals surface area contributed by atoms with Crippen molar-refractivity contribution in [2.45, 2.75) is 51.1 Å². The second kappa shape index (κ2) is 7.81. The van der Waals surface area contributed by atoms with E-state index in [1.54, 1.807) is 22.0 Å². The highest BCUT2D eigenvalue weighted by Crippen LogP contribution is 2.51. The van der Waals surface area contributed by atoms with Crippen molar-refractivity contribution < 1.29 is 15.0 Å². The summed E-state index contributed by atoms with van der Waals surface area (Å²) in [6.07, 6.45) is 6.59. The summed E-state index contributed by atoms with van der Waals surface area (Å²) in [4.78, 5) is 25.2. The van der Waals surface area contributed by atoms with Gasteiger partial charge >= 0.3 is 0 Å². The summed E-state index contributed by atoms with van der Waals surface area (Å²) in [6, 6.07) is 1.76. The van der Waals surface area contributed by atoms with Crippen LogP contribution in [0.25, 0.3) is 0 Å². The van der Waals surface area contributed by atoms with Gasteiger partial charge in [-0.3, -0.25) is 9.48 Å². The van der Waals surface area contributed by atoms with Gasteiger partial charge < -0.3 is 15.1 Å². The van der Waals surface area contributed by atoms with Crippen LogP contribution in [0.1, 0.15) is 34.5 Å². The lowest BCUT2D eigenvalue weighted by molar-refractivity contribution is -0.138. The molecule has 3 fully saturated rings. The number of amides is 1. The van der Waals surface area contributed by atoms with E-state index >= 15 is 0 Å². The summed E-state index contributed by atoms with van der Waals surface area (Å²) in [5.41, 5.74) is 0.792. The van der Waals surface area contributed by atoms with Crippen LogP contribution in [0, 0.1) is 5.92 Å². The first kappa shape index (κ1) is 20.5. The standard InChI is InChI=1S/C18H21F2N7O.C2H6.H2/c1-25-8-11(7-22-25)23-17-21-5-4-15(24-17)26-9-12-2-3-13(10-26)27(12)16(28)14-6-18(14,19)20;1-2;/h4-5,7-8,12-14H,2-3,6,9-10H2,1H3,(H,21,23,24);1-2H3;1H/t12-,13+,14-;;/m0../s1. The fourth-order valence-electron chi connectivity index (χ4n) is 4.31. The normalized spacial score (nSPS) is 26.1. The van der Waals surface area contributed by atoms with E-state index < -0.39 is 11.8 Å². The van der Waals surface area contributed by atoms with Gasteiger partial charge in [0.15, 0.2) is 0 Å². The topological polar surface area (TPSA) is 79.2 Å². The van der Waals surface area contributed by atoms with E-state index in [0.717, 1.165) is 24.3 Å². The lowest BCUT2D eigenvalue weighted by Crippen LogP contribution is -2.56. The van der Waals surface area contributed by atoms with Crippen molar-refractivity contribution in [1.82, 2.24) is 24.6 Å². The van der Waals surface area contributed by atoms with Crippen molar-refractivity contribution in [1.29, 1.82) is 0 Å². The minimum absolute atomic E-state index is 0. The number of carbonyl (C=O) groups excluding carboxylic acids is 1. The zero-order chi connectivity index (χ0) is 21.5. The van der Waals surface area contributed by atoms with Gasteiger partial charge in [-0.15, -0.1) is 0 Å². The van der Waals surface area contributed by atoms with Gasteiger partial charge in [-0.05, 0) is 18.9 Å². The van der Waals surface area contributed by atoms with Crippen LogP contribution in [-0.2, 0) is 11.8 Å². The van der Waals surface area contributed by atoms with Crippen molar-refractivity contribution in [3.05, 3.63) is 24.7 Å². The number of piperazine rings is 1. The molecule has 0 spiro atoms. The summed E-state index contributed by atoms with van der Waals surface area (Å²) in [7, 11) is 1.83. The number of anilines is 3. The second-order valence-electron chi connectivity index (χ2n) is 7.82. The van der Waals surface area contributed by atoms with Crippen LogP contribution in [0.3, 0.4) is 0 Å². The Morgan fingerprint density at radius 2 is 1.93 bits per heavy atom. The quantitative estimate of drug-likeness (QED) is 0.818. The van der Waals surface area contributed by atoms with Crippen molar-refractivity contribution in [3.8, 4) is 0 Å². The van der Waals surface area contributed by atoms with Crippen LogP contribution in [0.15, 0.2) is 24.7 Å². The maximum Gasteiger partial charge on any atom is 0.260 e. The third-order valence-corrected chi connectivity index (χ3v) is 5.79. The Kier molecular flexibility index (Phi) is 5.33. The molecule has 10 heteroatoms. The Bertz CT molecular complexity index is 910. The number of aryl methyl sites for hydroxylation is 1. The molecule has 2 saturated heterocycles. The Labute approximate surface area is 175 Å². The molecule has 2 aromatic heterocycles. The largest absolute Gasteiger partial charge is 0.352 e. The predicted molar refractivity (Wildman–Crippen MR) is 111 cm³/mol. The van der Waals surface area contributed by atoms with Crippen LogP contribution >= 0.6 is 0 Å². The fraction of sp³-hybridized carbons (Fsp3) is 0.600. The molecule has 2 aliphatic heterocycles. The van der Waals surface area contributed by atoms with Crippen LogP contribution in [0.5, 0.6) is 0 Å². The number of carbonyl (C=O) groups is 1. The molecule has 0 aromatic carbocycles. The number of nitrogens with zero attached hydrogens (tertiary/aromatic N) is 6. The van der Waals surface area contributed by atoms with E-state index in [9.17, 15) is 13.6 Å². The van der Waals surface area contributed by atoms with Gasteiger partial charge in [0.05, 0.1) is 11.9 Å².